The Morgan fingerprint density at radius 1 is 1.16 bits per heavy atom. The zero-order valence-corrected chi connectivity index (χ0v) is 10.4. The van der Waals surface area contributed by atoms with E-state index >= 15 is 0 Å². The number of carbonyl (C=O) groups excluding carboxylic acids is 4. The lowest BCUT2D eigenvalue weighted by Crippen LogP contribution is -2.31. The van der Waals surface area contributed by atoms with Crippen molar-refractivity contribution in [3.8, 4) is 5.75 Å². The molecule has 1 atom stereocenters. The number of hydrogen-bond acceptors (Lipinski definition) is 5. The van der Waals surface area contributed by atoms with E-state index < -0.39 is 29.3 Å². The Morgan fingerprint density at radius 2 is 1.74 bits per heavy atom. The van der Waals surface area contributed by atoms with Gasteiger partial charge in [-0.2, -0.15) is 0 Å². The molecule has 2 amide bonds. The first-order valence-corrected chi connectivity index (χ1v) is 5.54. The summed E-state index contributed by atoms with van der Waals surface area (Å²) in [7, 11) is 1.48. The van der Waals surface area contributed by atoms with Crippen LogP contribution in [0.2, 0.25) is 0 Å². The minimum atomic E-state index is -1.50. The van der Waals surface area contributed by atoms with Crippen molar-refractivity contribution in [2.75, 3.05) is 12.0 Å². The molecule has 98 valence electrons. The van der Waals surface area contributed by atoms with Gasteiger partial charge in [0.2, 0.25) is 5.78 Å². The molecule has 0 aliphatic carbocycles. The highest BCUT2D eigenvalue weighted by atomic mass is 16.5. The van der Waals surface area contributed by atoms with E-state index in [4.69, 9.17) is 4.74 Å². The molecule has 6 heteroatoms. The normalized spacial score (nSPS) is 18.9. The molecule has 1 aliphatic rings. The fourth-order valence-corrected chi connectivity index (χ4v) is 1.91. The van der Waals surface area contributed by atoms with Gasteiger partial charge in [0.05, 0.1) is 12.8 Å². The minimum Gasteiger partial charge on any atom is -0.497 e. The van der Waals surface area contributed by atoms with Crippen LogP contribution in [0.25, 0.3) is 0 Å². The van der Waals surface area contributed by atoms with Crippen molar-refractivity contribution in [1.29, 1.82) is 0 Å². The zero-order chi connectivity index (χ0) is 14.2. The number of carbonyl (C=O) groups is 4. The van der Waals surface area contributed by atoms with Crippen LogP contribution in [0.5, 0.6) is 5.75 Å². The second kappa shape index (κ2) is 4.64. The molecule has 1 aromatic carbocycles. The minimum absolute atomic E-state index is 0.243. The largest absolute Gasteiger partial charge is 0.497 e. The van der Waals surface area contributed by atoms with Crippen LogP contribution in [0.4, 0.5) is 5.69 Å². The van der Waals surface area contributed by atoms with Gasteiger partial charge in [-0.05, 0) is 31.2 Å². The Labute approximate surface area is 108 Å². The maximum Gasteiger partial charge on any atom is 0.302 e. The number of rotatable bonds is 3. The number of methoxy groups -OCH3 is 1. The average molecular weight is 261 g/mol. The fraction of sp³-hybridized carbons (Fsp3) is 0.231. The number of imide groups is 1. The van der Waals surface area contributed by atoms with Gasteiger partial charge in [0, 0.05) is 0 Å². The van der Waals surface area contributed by atoms with Crippen molar-refractivity contribution in [2.45, 2.75) is 6.92 Å². The van der Waals surface area contributed by atoms with Crippen molar-refractivity contribution in [3.63, 3.8) is 0 Å². The van der Waals surface area contributed by atoms with Crippen LogP contribution in [-0.2, 0) is 19.2 Å². The summed E-state index contributed by atoms with van der Waals surface area (Å²) in [6.45, 7) is 1.12. The van der Waals surface area contributed by atoms with Gasteiger partial charge >= 0.3 is 5.91 Å². The lowest BCUT2D eigenvalue weighted by atomic mass is 10.0. The summed E-state index contributed by atoms with van der Waals surface area (Å²) in [5.41, 5.74) is 0.243. The number of amides is 2. The lowest BCUT2D eigenvalue weighted by Gasteiger charge is -2.13. The fourth-order valence-electron chi connectivity index (χ4n) is 1.91. The second-order valence-electron chi connectivity index (χ2n) is 4.08. The molecule has 0 N–H and O–H groups in total. The Bertz CT molecular complexity index is 575. The number of ether oxygens (including phenoxy) is 1. The Morgan fingerprint density at radius 3 is 2.16 bits per heavy atom. The summed E-state index contributed by atoms with van der Waals surface area (Å²) in [6.07, 6.45) is 0. The number of ketones is 2. The summed E-state index contributed by atoms with van der Waals surface area (Å²) in [4.78, 5) is 47.3. The van der Waals surface area contributed by atoms with Crippen molar-refractivity contribution < 1.29 is 23.9 Å². The van der Waals surface area contributed by atoms with E-state index in [0.29, 0.717) is 5.75 Å². The summed E-state index contributed by atoms with van der Waals surface area (Å²) < 4.78 is 4.96. The third-order valence-electron chi connectivity index (χ3n) is 2.88. The van der Waals surface area contributed by atoms with Gasteiger partial charge in [-0.1, -0.05) is 0 Å². The second-order valence-corrected chi connectivity index (χ2v) is 4.08. The van der Waals surface area contributed by atoms with Gasteiger partial charge in [0.15, 0.2) is 5.92 Å². The molecule has 1 fully saturated rings. The quantitative estimate of drug-likeness (QED) is 0.445. The van der Waals surface area contributed by atoms with E-state index in [2.05, 4.69) is 0 Å². The summed E-state index contributed by atoms with van der Waals surface area (Å²) >= 11 is 0. The molecule has 1 aromatic rings. The van der Waals surface area contributed by atoms with Crippen LogP contribution in [0, 0.1) is 5.92 Å². The molecule has 0 radical (unpaired) electrons. The molecule has 0 unspecified atom stereocenters. The van der Waals surface area contributed by atoms with Crippen LogP contribution in [0.15, 0.2) is 24.3 Å². The van der Waals surface area contributed by atoms with E-state index in [0.717, 1.165) is 11.8 Å². The number of Topliss-reactive ketones (excluding diaryl/α,β-unsaturated/α-hetero) is 2. The van der Waals surface area contributed by atoms with Crippen LogP contribution in [0.3, 0.4) is 0 Å². The van der Waals surface area contributed by atoms with Crippen LogP contribution < -0.4 is 9.64 Å². The van der Waals surface area contributed by atoms with Gasteiger partial charge in [0.1, 0.15) is 11.5 Å². The van der Waals surface area contributed by atoms with Crippen molar-refractivity contribution in [2.24, 2.45) is 5.92 Å². The van der Waals surface area contributed by atoms with Crippen LogP contribution in [0.1, 0.15) is 6.92 Å². The van der Waals surface area contributed by atoms with Crippen molar-refractivity contribution in [1.82, 2.24) is 0 Å². The van der Waals surface area contributed by atoms with E-state index in [1.54, 1.807) is 12.1 Å². The van der Waals surface area contributed by atoms with E-state index in [9.17, 15) is 19.2 Å². The Balaban J connectivity index is 2.39. The zero-order valence-electron chi connectivity index (χ0n) is 10.4. The van der Waals surface area contributed by atoms with Gasteiger partial charge in [-0.3, -0.25) is 19.2 Å². The standard InChI is InChI=1S/C13H11NO5/c1-7(15)10-11(16)13(18)14(12(10)17)8-3-5-9(19-2)6-4-8/h3-6,10H,1-2H3/t10-/m0/s1. The molecular formula is C13H11NO5. The van der Waals surface area contributed by atoms with E-state index in [1.807, 2.05) is 0 Å². The predicted molar refractivity (Wildman–Crippen MR) is 64.7 cm³/mol. The van der Waals surface area contributed by atoms with Crippen LogP contribution >= 0.6 is 0 Å². The predicted octanol–water partition coefficient (Wildman–Crippen LogP) is 0.343. The third kappa shape index (κ3) is 2.01. The van der Waals surface area contributed by atoms with Crippen LogP contribution in [-0.4, -0.2) is 30.5 Å². The lowest BCUT2D eigenvalue weighted by molar-refractivity contribution is -0.139. The topological polar surface area (TPSA) is 80.8 Å². The molecule has 1 saturated heterocycles. The number of hydrogen-bond donors (Lipinski definition) is 0. The van der Waals surface area contributed by atoms with Gasteiger partial charge in [0.25, 0.3) is 5.91 Å². The maximum atomic E-state index is 12.0. The summed E-state index contributed by atoms with van der Waals surface area (Å²) in [5.74, 6) is -4.33. The first-order chi connectivity index (χ1) is 8.97. The molecule has 0 aromatic heterocycles. The Kier molecular flexibility index (Phi) is 3.16. The summed E-state index contributed by atoms with van der Waals surface area (Å²) in [5, 5.41) is 0. The van der Waals surface area contributed by atoms with Gasteiger partial charge in [-0.25, -0.2) is 4.90 Å². The van der Waals surface area contributed by atoms with E-state index in [-0.39, 0.29) is 5.69 Å². The molecule has 1 aliphatic heterocycles. The average Bonchev–Trinajstić information content (AvgIpc) is 2.60. The number of anilines is 1. The van der Waals surface area contributed by atoms with Crippen molar-refractivity contribution >= 4 is 29.1 Å². The smallest absolute Gasteiger partial charge is 0.302 e. The highest BCUT2D eigenvalue weighted by molar-refractivity contribution is 6.59. The molecule has 0 saturated carbocycles. The van der Waals surface area contributed by atoms with E-state index in [1.165, 1.54) is 19.2 Å². The molecular weight excluding hydrogens is 250 g/mol. The molecule has 0 bridgehead atoms. The first kappa shape index (κ1) is 12.9. The molecule has 19 heavy (non-hydrogen) atoms. The van der Waals surface area contributed by atoms with Gasteiger partial charge in [-0.15, -0.1) is 0 Å². The third-order valence-corrected chi connectivity index (χ3v) is 2.88. The van der Waals surface area contributed by atoms with Crippen molar-refractivity contribution in [3.05, 3.63) is 24.3 Å². The number of nitrogens with zero attached hydrogens (tertiary/aromatic N) is 1. The molecule has 2 rings (SSSR count). The first-order valence-electron chi connectivity index (χ1n) is 5.54. The maximum absolute atomic E-state index is 12.0. The molecule has 0 spiro atoms. The number of benzene rings is 1. The monoisotopic (exact) mass is 261 g/mol. The molecule has 6 nitrogen and oxygen atoms in total. The Hall–Kier alpha value is -2.50. The molecule has 1 heterocycles. The SMILES string of the molecule is COc1ccc(N2C(=O)C(=O)[C@H](C(C)=O)C2=O)cc1. The van der Waals surface area contributed by atoms with Gasteiger partial charge < -0.3 is 4.74 Å². The highest BCUT2D eigenvalue weighted by Crippen LogP contribution is 2.26. The summed E-state index contributed by atoms with van der Waals surface area (Å²) in [6, 6.07) is 6.07. The highest BCUT2D eigenvalue weighted by Gasteiger charge is 2.49.